The second-order valence-electron chi connectivity index (χ2n) is 2.19. The molecule has 0 bridgehead atoms. The molecule has 5 heteroatoms. The summed E-state index contributed by atoms with van der Waals surface area (Å²) >= 11 is 0. The smallest absolute Gasteiger partial charge is 0.239 e. The van der Waals surface area contributed by atoms with Gasteiger partial charge in [-0.1, -0.05) is 0 Å². The third-order valence-electron chi connectivity index (χ3n) is 1.30. The fourth-order valence-electron chi connectivity index (χ4n) is 0.747. The molecule has 0 saturated carbocycles. The Labute approximate surface area is 65.1 Å². The van der Waals surface area contributed by atoms with E-state index in [9.17, 15) is 8.42 Å². The molecule has 4 nitrogen and oxygen atoms in total. The molecule has 0 aromatic carbocycles. The lowest BCUT2D eigenvalue weighted by molar-refractivity contribution is 0.596. The van der Waals surface area contributed by atoms with Gasteiger partial charge in [0.15, 0.2) is 0 Å². The van der Waals surface area contributed by atoms with Crippen molar-refractivity contribution in [3.05, 3.63) is 24.0 Å². The molecule has 1 rings (SSSR count). The van der Waals surface area contributed by atoms with Crippen LogP contribution in [0.4, 0.5) is 0 Å². The summed E-state index contributed by atoms with van der Waals surface area (Å²) in [6.45, 7) is 1.67. The standard InChI is InChI=1S/C6H8N2O2S/c1-5-2-3-8-4-6(5)11(7,9)10/h2-4H,1H3,(H2,7,9,10). The van der Waals surface area contributed by atoms with Crippen LogP contribution in [0.3, 0.4) is 0 Å². The minimum atomic E-state index is -3.60. The van der Waals surface area contributed by atoms with Crippen LogP contribution in [0, 0.1) is 6.92 Å². The van der Waals surface area contributed by atoms with Crippen LogP contribution in [0.15, 0.2) is 23.4 Å². The highest BCUT2D eigenvalue weighted by Gasteiger charge is 2.09. The lowest BCUT2D eigenvalue weighted by Gasteiger charge is -1.99. The Morgan fingerprint density at radius 1 is 1.55 bits per heavy atom. The van der Waals surface area contributed by atoms with Gasteiger partial charge in [-0.25, -0.2) is 13.6 Å². The second-order valence-corrected chi connectivity index (χ2v) is 3.72. The molecule has 11 heavy (non-hydrogen) atoms. The van der Waals surface area contributed by atoms with E-state index in [0.29, 0.717) is 5.56 Å². The fourth-order valence-corrected chi connectivity index (χ4v) is 1.47. The first kappa shape index (κ1) is 8.16. The number of aryl methyl sites for hydroxylation is 1. The van der Waals surface area contributed by atoms with Crippen LogP contribution in [0.25, 0.3) is 0 Å². The number of nitrogens with two attached hydrogens (primary N) is 1. The van der Waals surface area contributed by atoms with Crippen molar-refractivity contribution >= 4 is 10.0 Å². The largest absolute Gasteiger partial charge is 0.263 e. The van der Waals surface area contributed by atoms with Crippen LogP contribution >= 0.6 is 0 Å². The highest BCUT2D eigenvalue weighted by atomic mass is 32.2. The fraction of sp³-hybridized carbons (Fsp3) is 0.167. The first-order valence-electron chi connectivity index (χ1n) is 2.95. The van der Waals surface area contributed by atoms with E-state index >= 15 is 0 Å². The Balaban J connectivity index is 3.37. The molecule has 0 fully saturated rings. The predicted octanol–water partition coefficient (Wildman–Crippen LogP) is 0.0374. The first-order valence-corrected chi connectivity index (χ1v) is 4.50. The maximum absolute atomic E-state index is 10.8. The number of nitrogens with zero attached hydrogens (tertiary/aromatic N) is 1. The zero-order valence-corrected chi connectivity index (χ0v) is 6.80. The SMILES string of the molecule is Cc1ccncc1S(N)(=O)=O. The normalized spacial score (nSPS) is 11.5. The summed E-state index contributed by atoms with van der Waals surface area (Å²) in [6, 6.07) is 1.60. The molecule has 0 aliphatic heterocycles. The Hall–Kier alpha value is -0.940. The van der Waals surface area contributed by atoms with Gasteiger partial charge in [0.05, 0.1) is 0 Å². The molecule has 0 unspecified atom stereocenters. The molecule has 1 heterocycles. The lowest BCUT2D eigenvalue weighted by atomic mass is 10.3. The summed E-state index contributed by atoms with van der Waals surface area (Å²) in [5.41, 5.74) is 0.613. The van der Waals surface area contributed by atoms with Crippen LogP contribution in [0.1, 0.15) is 5.56 Å². The number of pyridine rings is 1. The molecule has 0 amide bonds. The van der Waals surface area contributed by atoms with Crippen LogP contribution in [0.5, 0.6) is 0 Å². The van der Waals surface area contributed by atoms with Crippen molar-refractivity contribution in [2.45, 2.75) is 11.8 Å². The minimum absolute atomic E-state index is 0.0833. The number of hydrogen-bond acceptors (Lipinski definition) is 3. The molecular weight excluding hydrogens is 164 g/mol. The average molecular weight is 172 g/mol. The quantitative estimate of drug-likeness (QED) is 0.649. The van der Waals surface area contributed by atoms with Crippen molar-refractivity contribution in [3.63, 3.8) is 0 Å². The second kappa shape index (κ2) is 2.60. The van der Waals surface area contributed by atoms with Crippen LogP contribution in [-0.4, -0.2) is 13.4 Å². The molecule has 0 atom stereocenters. The molecule has 1 aromatic heterocycles. The van der Waals surface area contributed by atoms with Gasteiger partial charge in [0.2, 0.25) is 10.0 Å². The van der Waals surface area contributed by atoms with Crippen molar-refractivity contribution in [3.8, 4) is 0 Å². The monoisotopic (exact) mass is 172 g/mol. The molecular formula is C6H8N2O2S. The van der Waals surface area contributed by atoms with Crippen molar-refractivity contribution in [2.75, 3.05) is 0 Å². The third-order valence-corrected chi connectivity index (χ3v) is 2.34. The minimum Gasteiger partial charge on any atom is -0.263 e. The Bertz CT molecular complexity index is 359. The van der Waals surface area contributed by atoms with Gasteiger partial charge < -0.3 is 0 Å². The number of aromatic nitrogens is 1. The summed E-state index contributed by atoms with van der Waals surface area (Å²) in [6.07, 6.45) is 2.76. The zero-order chi connectivity index (χ0) is 8.48. The van der Waals surface area contributed by atoms with Gasteiger partial charge >= 0.3 is 0 Å². The van der Waals surface area contributed by atoms with E-state index in [1.807, 2.05) is 0 Å². The van der Waals surface area contributed by atoms with Crippen molar-refractivity contribution in [1.82, 2.24) is 4.98 Å². The van der Waals surface area contributed by atoms with Gasteiger partial charge in [-0.05, 0) is 18.6 Å². The Morgan fingerprint density at radius 3 is 2.55 bits per heavy atom. The van der Waals surface area contributed by atoms with E-state index in [1.165, 1.54) is 12.4 Å². The number of sulfonamides is 1. The van der Waals surface area contributed by atoms with Crippen molar-refractivity contribution < 1.29 is 8.42 Å². The topological polar surface area (TPSA) is 73.0 Å². The van der Waals surface area contributed by atoms with E-state index in [4.69, 9.17) is 5.14 Å². The number of primary sulfonamides is 1. The summed E-state index contributed by atoms with van der Waals surface area (Å²) in [7, 11) is -3.60. The molecule has 0 aliphatic carbocycles. The molecule has 0 spiro atoms. The number of hydrogen-bond donors (Lipinski definition) is 1. The third kappa shape index (κ3) is 1.75. The van der Waals surface area contributed by atoms with Gasteiger partial charge in [0.25, 0.3) is 0 Å². The van der Waals surface area contributed by atoms with Crippen LogP contribution in [0.2, 0.25) is 0 Å². The summed E-state index contributed by atoms with van der Waals surface area (Å²) in [5.74, 6) is 0. The lowest BCUT2D eigenvalue weighted by Crippen LogP contribution is -2.13. The molecule has 2 N–H and O–H groups in total. The summed E-state index contributed by atoms with van der Waals surface area (Å²) in [5, 5.41) is 4.89. The van der Waals surface area contributed by atoms with Gasteiger partial charge in [0, 0.05) is 12.4 Å². The van der Waals surface area contributed by atoms with E-state index < -0.39 is 10.0 Å². The Morgan fingerprint density at radius 2 is 2.18 bits per heavy atom. The summed E-state index contributed by atoms with van der Waals surface area (Å²) < 4.78 is 21.6. The van der Waals surface area contributed by atoms with Crippen LogP contribution in [-0.2, 0) is 10.0 Å². The molecule has 0 radical (unpaired) electrons. The van der Waals surface area contributed by atoms with Gasteiger partial charge in [0.1, 0.15) is 4.90 Å². The molecule has 0 saturated heterocycles. The van der Waals surface area contributed by atoms with Gasteiger partial charge in [-0.15, -0.1) is 0 Å². The molecule has 0 aliphatic rings. The van der Waals surface area contributed by atoms with E-state index in [-0.39, 0.29) is 4.90 Å². The maximum Gasteiger partial charge on any atom is 0.239 e. The maximum atomic E-state index is 10.8. The van der Waals surface area contributed by atoms with Gasteiger partial charge in [-0.3, -0.25) is 4.98 Å². The zero-order valence-electron chi connectivity index (χ0n) is 5.98. The van der Waals surface area contributed by atoms with Crippen molar-refractivity contribution in [1.29, 1.82) is 0 Å². The van der Waals surface area contributed by atoms with Crippen molar-refractivity contribution in [2.24, 2.45) is 5.14 Å². The van der Waals surface area contributed by atoms with E-state index in [2.05, 4.69) is 4.98 Å². The van der Waals surface area contributed by atoms with E-state index in [0.717, 1.165) is 0 Å². The average Bonchev–Trinajstić information content (AvgIpc) is 1.86. The predicted molar refractivity (Wildman–Crippen MR) is 40.3 cm³/mol. The van der Waals surface area contributed by atoms with E-state index in [1.54, 1.807) is 13.0 Å². The molecule has 60 valence electrons. The Kier molecular flexibility index (Phi) is 1.92. The highest BCUT2D eigenvalue weighted by Crippen LogP contribution is 2.09. The van der Waals surface area contributed by atoms with Gasteiger partial charge in [-0.2, -0.15) is 0 Å². The molecule has 1 aromatic rings. The summed E-state index contributed by atoms with van der Waals surface area (Å²) in [4.78, 5) is 3.74. The first-order chi connectivity index (χ1) is 5.02. The number of rotatable bonds is 1. The van der Waals surface area contributed by atoms with Crippen LogP contribution < -0.4 is 5.14 Å². The highest BCUT2D eigenvalue weighted by molar-refractivity contribution is 7.89.